The Labute approximate surface area is 128 Å². The van der Waals surface area contributed by atoms with Crippen molar-refractivity contribution in [2.75, 3.05) is 19.6 Å². The van der Waals surface area contributed by atoms with Crippen molar-refractivity contribution >= 4 is 11.8 Å². The van der Waals surface area contributed by atoms with Gasteiger partial charge in [0.05, 0.1) is 13.1 Å². The largest absolute Gasteiger partial charge is 0.369 e. The van der Waals surface area contributed by atoms with Crippen molar-refractivity contribution in [2.24, 2.45) is 23.5 Å². The summed E-state index contributed by atoms with van der Waals surface area (Å²) in [6, 6.07) is 0.260. The molecule has 0 bridgehead atoms. The minimum Gasteiger partial charge on any atom is -0.369 e. The Morgan fingerprint density at radius 3 is 2.48 bits per heavy atom. The summed E-state index contributed by atoms with van der Waals surface area (Å²) in [7, 11) is 0. The number of carbonyl (C=O) groups is 2. The molecule has 0 radical (unpaired) electrons. The molecule has 1 fully saturated rings. The molecule has 1 aliphatic rings. The zero-order chi connectivity index (χ0) is 16.0. The first-order valence-electron chi connectivity index (χ1n) is 8.09. The maximum Gasteiger partial charge on any atom is 0.234 e. The second-order valence-corrected chi connectivity index (χ2v) is 6.97. The topological polar surface area (TPSA) is 75.4 Å². The minimum absolute atomic E-state index is 0.00264. The number of nitrogens with zero attached hydrogens (tertiary/aromatic N) is 1. The van der Waals surface area contributed by atoms with Crippen LogP contribution in [0.1, 0.15) is 47.0 Å². The van der Waals surface area contributed by atoms with E-state index in [0.717, 1.165) is 6.42 Å². The van der Waals surface area contributed by atoms with E-state index >= 15 is 0 Å². The smallest absolute Gasteiger partial charge is 0.234 e. The molecule has 0 aliphatic heterocycles. The number of primary amides is 1. The summed E-state index contributed by atoms with van der Waals surface area (Å²) < 4.78 is 0. The fourth-order valence-electron chi connectivity index (χ4n) is 3.16. The third-order valence-corrected chi connectivity index (χ3v) is 4.42. The van der Waals surface area contributed by atoms with Crippen LogP contribution in [0.15, 0.2) is 0 Å². The van der Waals surface area contributed by atoms with E-state index in [-0.39, 0.29) is 30.9 Å². The monoisotopic (exact) mass is 297 g/mol. The van der Waals surface area contributed by atoms with Gasteiger partial charge in [-0.3, -0.25) is 14.5 Å². The molecule has 3 N–H and O–H groups in total. The van der Waals surface area contributed by atoms with Crippen molar-refractivity contribution < 1.29 is 9.59 Å². The van der Waals surface area contributed by atoms with Crippen molar-refractivity contribution in [3.63, 3.8) is 0 Å². The highest BCUT2D eigenvalue weighted by atomic mass is 16.2. The second-order valence-electron chi connectivity index (χ2n) is 6.97. The predicted octanol–water partition coefficient (Wildman–Crippen LogP) is 1.37. The fraction of sp³-hybridized carbons (Fsp3) is 0.875. The zero-order valence-electron chi connectivity index (χ0n) is 13.9. The van der Waals surface area contributed by atoms with Gasteiger partial charge in [-0.15, -0.1) is 0 Å². The molecule has 122 valence electrons. The molecule has 0 aromatic heterocycles. The van der Waals surface area contributed by atoms with Gasteiger partial charge in [0.15, 0.2) is 0 Å². The Morgan fingerprint density at radius 2 is 1.90 bits per heavy atom. The fourth-order valence-corrected chi connectivity index (χ4v) is 3.16. The van der Waals surface area contributed by atoms with Crippen LogP contribution >= 0.6 is 0 Å². The molecule has 5 nitrogen and oxygen atoms in total. The zero-order valence-corrected chi connectivity index (χ0v) is 13.9. The molecule has 5 heteroatoms. The summed E-state index contributed by atoms with van der Waals surface area (Å²) in [5.74, 6) is 1.18. The van der Waals surface area contributed by atoms with Crippen molar-refractivity contribution in [2.45, 2.75) is 53.0 Å². The van der Waals surface area contributed by atoms with Crippen LogP contribution in [0.25, 0.3) is 0 Å². The molecule has 0 aromatic rings. The Bertz CT molecular complexity index is 357. The van der Waals surface area contributed by atoms with Gasteiger partial charge >= 0.3 is 0 Å². The first-order valence-corrected chi connectivity index (χ1v) is 8.09. The van der Waals surface area contributed by atoms with E-state index in [1.807, 2.05) is 4.90 Å². The number of rotatable bonds is 7. The van der Waals surface area contributed by atoms with Crippen LogP contribution in [-0.4, -0.2) is 42.4 Å². The summed E-state index contributed by atoms with van der Waals surface area (Å²) in [6.45, 7) is 9.69. The normalized spacial score (nSPS) is 26.1. The maximum atomic E-state index is 12.2. The molecule has 3 unspecified atom stereocenters. The van der Waals surface area contributed by atoms with Crippen LogP contribution in [0, 0.1) is 17.8 Å². The number of amides is 2. The third kappa shape index (κ3) is 6.46. The first-order chi connectivity index (χ1) is 9.79. The molecule has 1 rings (SSSR count). The average Bonchev–Trinajstić information content (AvgIpc) is 2.33. The summed E-state index contributed by atoms with van der Waals surface area (Å²) >= 11 is 0. The van der Waals surface area contributed by atoms with Gasteiger partial charge in [0, 0.05) is 12.6 Å². The lowest BCUT2D eigenvalue weighted by atomic mass is 9.78. The molecule has 0 aromatic carbocycles. The van der Waals surface area contributed by atoms with Gasteiger partial charge in [-0.05, 0) is 24.2 Å². The van der Waals surface area contributed by atoms with E-state index in [2.05, 4.69) is 33.0 Å². The van der Waals surface area contributed by atoms with Crippen molar-refractivity contribution in [3.05, 3.63) is 0 Å². The summed E-state index contributed by atoms with van der Waals surface area (Å²) in [4.78, 5) is 25.2. The highest BCUT2D eigenvalue weighted by Crippen LogP contribution is 2.29. The molecule has 2 amide bonds. The highest BCUT2D eigenvalue weighted by molar-refractivity contribution is 5.80. The second kappa shape index (κ2) is 8.37. The van der Waals surface area contributed by atoms with Gasteiger partial charge < -0.3 is 11.1 Å². The van der Waals surface area contributed by atoms with Gasteiger partial charge in [-0.2, -0.15) is 0 Å². The van der Waals surface area contributed by atoms with Crippen LogP contribution in [0.2, 0.25) is 0 Å². The van der Waals surface area contributed by atoms with E-state index in [9.17, 15) is 9.59 Å². The van der Waals surface area contributed by atoms with Crippen LogP contribution in [0.5, 0.6) is 0 Å². The summed E-state index contributed by atoms with van der Waals surface area (Å²) in [5.41, 5.74) is 5.26. The lowest BCUT2D eigenvalue weighted by Gasteiger charge is -2.35. The standard InChI is InChI=1S/C16H31N3O2/c1-11(2)8-19(9-15(17)20)10-16(21)18-14-7-5-6-12(3)13(14)4/h11-14H,5-10H2,1-4H3,(H2,17,20)(H,18,21). The lowest BCUT2D eigenvalue weighted by molar-refractivity contribution is -0.125. The van der Waals surface area contributed by atoms with Gasteiger partial charge in [0.1, 0.15) is 0 Å². The van der Waals surface area contributed by atoms with Crippen LogP contribution in [-0.2, 0) is 9.59 Å². The van der Waals surface area contributed by atoms with E-state index in [1.165, 1.54) is 12.8 Å². The number of hydrogen-bond acceptors (Lipinski definition) is 3. The number of nitrogens with two attached hydrogens (primary N) is 1. The summed E-state index contributed by atoms with van der Waals surface area (Å²) in [6.07, 6.45) is 3.47. The Kier molecular flexibility index (Phi) is 7.15. The first kappa shape index (κ1) is 18.0. The molecule has 0 spiro atoms. The summed E-state index contributed by atoms with van der Waals surface area (Å²) in [5, 5.41) is 3.14. The van der Waals surface area contributed by atoms with E-state index in [1.54, 1.807) is 0 Å². The van der Waals surface area contributed by atoms with Gasteiger partial charge in [0.25, 0.3) is 0 Å². The van der Waals surface area contributed by atoms with Crippen molar-refractivity contribution in [1.82, 2.24) is 10.2 Å². The molecule has 3 atom stereocenters. The van der Waals surface area contributed by atoms with E-state index in [4.69, 9.17) is 5.73 Å². The van der Waals surface area contributed by atoms with E-state index < -0.39 is 0 Å². The Hall–Kier alpha value is -1.10. The molecular formula is C16H31N3O2. The third-order valence-electron chi connectivity index (χ3n) is 4.42. The molecule has 0 heterocycles. The molecule has 21 heavy (non-hydrogen) atoms. The quantitative estimate of drug-likeness (QED) is 0.745. The molecule has 0 saturated heterocycles. The number of hydrogen-bond donors (Lipinski definition) is 2. The van der Waals surface area contributed by atoms with Gasteiger partial charge in [-0.1, -0.05) is 40.5 Å². The predicted molar refractivity (Wildman–Crippen MR) is 84.6 cm³/mol. The Balaban J connectivity index is 2.50. The van der Waals surface area contributed by atoms with Crippen molar-refractivity contribution in [3.8, 4) is 0 Å². The van der Waals surface area contributed by atoms with Crippen molar-refractivity contribution in [1.29, 1.82) is 0 Å². The number of carbonyl (C=O) groups excluding carboxylic acids is 2. The van der Waals surface area contributed by atoms with Crippen LogP contribution in [0.4, 0.5) is 0 Å². The maximum absolute atomic E-state index is 12.2. The molecule has 1 saturated carbocycles. The molecular weight excluding hydrogens is 266 g/mol. The average molecular weight is 297 g/mol. The van der Waals surface area contributed by atoms with Crippen LogP contribution < -0.4 is 11.1 Å². The van der Waals surface area contributed by atoms with E-state index in [0.29, 0.717) is 24.3 Å². The number of nitrogens with one attached hydrogen (secondary N) is 1. The minimum atomic E-state index is -0.386. The lowest BCUT2D eigenvalue weighted by Crippen LogP contribution is -2.49. The Morgan fingerprint density at radius 1 is 1.24 bits per heavy atom. The SMILES string of the molecule is CC(C)CN(CC(N)=O)CC(=O)NC1CCCC(C)C1C. The van der Waals surface area contributed by atoms with Gasteiger partial charge in [0.2, 0.25) is 11.8 Å². The van der Waals surface area contributed by atoms with Crippen LogP contribution in [0.3, 0.4) is 0 Å². The van der Waals surface area contributed by atoms with Gasteiger partial charge in [-0.25, -0.2) is 0 Å². The highest BCUT2D eigenvalue weighted by Gasteiger charge is 2.28. The molecule has 1 aliphatic carbocycles.